The zero-order chi connectivity index (χ0) is 18.1. The fourth-order valence-electron chi connectivity index (χ4n) is 3.10. The summed E-state index contributed by atoms with van der Waals surface area (Å²) in [7, 11) is 0. The van der Waals surface area contributed by atoms with E-state index >= 15 is 0 Å². The second-order valence-electron chi connectivity index (χ2n) is 6.14. The maximum atomic E-state index is 12.7. The lowest BCUT2D eigenvalue weighted by Gasteiger charge is -2.34. The van der Waals surface area contributed by atoms with Crippen molar-refractivity contribution in [1.29, 1.82) is 0 Å². The first-order valence-electron chi connectivity index (χ1n) is 8.55. The van der Waals surface area contributed by atoms with Crippen LogP contribution in [-0.2, 0) is 6.42 Å². The largest absolute Gasteiger partial charge is 0.451 e. The van der Waals surface area contributed by atoms with Gasteiger partial charge in [-0.3, -0.25) is 9.59 Å². The third-order valence-corrected chi connectivity index (χ3v) is 5.33. The summed E-state index contributed by atoms with van der Waals surface area (Å²) in [6.45, 7) is 3.90. The molecule has 1 aromatic carbocycles. The number of fused-ring (bicyclic) bond motifs is 1. The molecule has 1 aliphatic rings. The number of nitrogens with zero attached hydrogens (tertiary/aromatic N) is 4. The summed E-state index contributed by atoms with van der Waals surface area (Å²) < 4.78 is 9.54. The molecule has 0 bridgehead atoms. The Labute approximate surface area is 154 Å². The molecule has 134 valence electrons. The predicted octanol–water partition coefficient (Wildman–Crippen LogP) is 2.44. The van der Waals surface area contributed by atoms with Crippen LogP contribution < -0.4 is 0 Å². The van der Waals surface area contributed by atoms with Gasteiger partial charge in [0, 0.05) is 31.6 Å². The van der Waals surface area contributed by atoms with Gasteiger partial charge in [-0.15, -0.1) is 5.10 Å². The van der Waals surface area contributed by atoms with Crippen molar-refractivity contribution in [2.24, 2.45) is 0 Å². The van der Waals surface area contributed by atoms with Crippen molar-refractivity contribution in [2.75, 3.05) is 26.2 Å². The molecule has 8 heteroatoms. The zero-order valence-electron chi connectivity index (χ0n) is 14.3. The third-order valence-electron chi connectivity index (χ3n) is 4.58. The van der Waals surface area contributed by atoms with Gasteiger partial charge in [-0.1, -0.05) is 29.6 Å². The fourth-order valence-corrected chi connectivity index (χ4v) is 3.82. The number of para-hydroxylation sites is 1. The number of hydrogen-bond acceptors (Lipinski definition) is 6. The van der Waals surface area contributed by atoms with Crippen LogP contribution in [0.1, 0.15) is 32.8 Å². The van der Waals surface area contributed by atoms with Gasteiger partial charge in [0.15, 0.2) is 5.76 Å². The molecule has 0 aliphatic carbocycles. The molecule has 0 unspecified atom stereocenters. The minimum absolute atomic E-state index is 0.0484. The second-order valence-corrected chi connectivity index (χ2v) is 6.89. The van der Waals surface area contributed by atoms with Crippen molar-refractivity contribution in [2.45, 2.75) is 13.3 Å². The van der Waals surface area contributed by atoms with Gasteiger partial charge in [-0.2, -0.15) is 0 Å². The summed E-state index contributed by atoms with van der Waals surface area (Å²) in [6, 6.07) is 9.32. The number of furan rings is 1. The predicted molar refractivity (Wildman–Crippen MR) is 97.3 cm³/mol. The number of aromatic nitrogens is 2. The standard InChI is InChI=1S/C18H18N4O3S/c1-2-13-16(26-20-19-13)18(24)22-9-7-21(8-10-22)17(23)15-11-12-5-3-4-6-14(12)25-15/h3-6,11H,2,7-10H2,1H3. The van der Waals surface area contributed by atoms with Crippen molar-refractivity contribution in [3.05, 3.63) is 46.7 Å². The summed E-state index contributed by atoms with van der Waals surface area (Å²) in [5.41, 5.74) is 1.44. The molecule has 1 aliphatic heterocycles. The molecule has 26 heavy (non-hydrogen) atoms. The van der Waals surface area contributed by atoms with Gasteiger partial charge in [0.25, 0.3) is 11.8 Å². The molecule has 1 fully saturated rings. The van der Waals surface area contributed by atoms with Crippen LogP contribution in [0, 0.1) is 0 Å². The average Bonchev–Trinajstić information content (AvgIpc) is 3.33. The lowest BCUT2D eigenvalue weighted by molar-refractivity contribution is 0.0521. The van der Waals surface area contributed by atoms with E-state index in [2.05, 4.69) is 9.59 Å². The van der Waals surface area contributed by atoms with Crippen LogP contribution >= 0.6 is 11.5 Å². The first-order chi connectivity index (χ1) is 12.7. The van der Waals surface area contributed by atoms with E-state index in [1.165, 1.54) is 0 Å². The summed E-state index contributed by atoms with van der Waals surface area (Å²) in [5.74, 6) is 0.153. The van der Waals surface area contributed by atoms with Crippen LogP contribution in [-0.4, -0.2) is 57.4 Å². The van der Waals surface area contributed by atoms with Crippen LogP contribution in [0.25, 0.3) is 11.0 Å². The van der Waals surface area contributed by atoms with Gasteiger partial charge in [0.2, 0.25) is 0 Å². The fraction of sp³-hybridized carbons (Fsp3) is 0.333. The molecule has 7 nitrogen and oxygen atoms in total. The topological polar surface area (TPSA) is 79.5 Å². The van der Waals surface area contributed by atoms with Crippen LogP contribution in [0.15, 0.2) is 34.7 Å². The highest BCUT2D eigenvalue weighted by Gasteiger charge is 2.29. The number of carbonyl (C=O) groups is 2. The Morgan fingerprint density at radius 3 is 2.50 bits per heavy atom. The molecule has 2 aromatic heterocycles. The molecule has 0 spiro atoms. The smallest absolute Gasteiger partial charge is 0.289 e. The van der Waals surface area contributed by atoms with Crippen LogP contribution in [0.2, 0.25) is 0 Å². The molecule has 1 saturated heterocycles. The second kappa shape index (κ2) is 6.87. The van der Waals surface area contributed by atoms with E-state index in [-0.39, 0.29) is 11.8 Å². The number of aryl methyl sites for hydroxylation is 1. The molecule has 0 N–H and O–H groups in total. The van der Waals surface area contributed by atoms with Gasteiger partial charge >= 0.3 is 0 Å². The number of hydrogen-bond donors (Lipinski definition) is 0. The Kier molecular flexibility index (Phi) is 4.42. The van der Waals surface area contributed by atoms with Crippen molar-refractivity contribution >= 4 is 34.3 Å². The maximum absolute atomic E-state index is 12.7. The quantitative estimate of drug-likeness (QED) is 0.707. The number of amides is 2. The third kappa shape index (κ3) is 2.96. The normalized spacial score (nSPS) is 14.8. The molecular weight excluding hydrogens is 352 g/mol. The van der Waals surface area contributed by atoms with E-state index in [1.54, 1.807) is 15.9 Å². The van der Waals surface area contributed by atoms with Crippen LogP contribution in [0.5, 0.6) is 0 Å². The number of carbonyl (C=O) groups excluding carboxylic acids is 2. The molecule has 4 rings (SSSR count). The Hall–Kier alpha value is -2.74. The number of rotatable bonds is 3. The molecule has 3 heterocycles. The minimum Gasteiger partial charge on any atom is -0.451 e. The van der Waals surface area contributed by atoms with Crippen molar-refractivity contribution in [3.63, 3.8) is 0 Å². The van der Waals surface area contributed by atoms with E-state index in [0.717, 1.165) is 22.6 Å². The van der Waals surface area contributed by atoms with Crippen LogP contribution in [0.3, 0.4) is 0 Å². The number of piperazine rings is 1. The van der Waals surface area contributed by atoms with E-state index in [9.17, 15) is 9.59 Å². The molecule has 3 aromatic rings. The molecule has 0 atom stereocenters. The van der Waals surface area contributed by atoms with E-state index in [4.69, 9.17) is 4.42 Å². The van der Waals surface area contributed by atoms with Gasteiger partial charge in [-0.05, 0) is 30.1 Å². The summed E-state index contributed by atoms with van der Waals surface area (Å²) in [5, 5.41) is 4.91. The molecule has 0 saturated carbocycles. The maximum Gasteiger partial charge on any atom is 0.289 e. The highest BCUT2D eigenvalue weighted by Crippen LogP contribution is 2.21. The molecular formula is C18H18N4O3S. The van der Waals surface area contributed by atoms with E-state index in [0.29, 0.717) is 48.8 Å². The lowest BCUT2D eigenvalue weighted by atomic mass is 10.2. The Bertz CT molecular complexity index is 923. The van der Waals surface area contributed by atoms with Gasteiger partial charge in [0.05, 0.1) is 5.69 Å². The number of benzene rings is 1. The Balaban J connectivity index is 1.43. The van der Waals surface area contributed by atoms with E-state index in [1.807, 2.05) is 31.2 Å². The monoisotopic (exact) mass is 370 g/mol. The van der Waals surface area contributed by atoms with Gasteiger partial charge < -0.3 is 14.2 Å². The minimum atomic E-state index is -0.137. The van der Waals surface area contributed by atoms with Crippen LogP contribution in [0.4, 0.5) is 0 Å². The van der Waals surface area contributed by atoms with Crippen molar-refractivity contribution < 1.29 is 14.0 Å². The Morgan fingerprint density at radius 2 is 1.81 bits per heavy atom. The summed E-state index contributed by atoms with van der Waals surface area (Å²) in [6.07, 6.45) is 0.683. The zero-order valence-corrected chi connectivity index (χ0v) is 15.2. The Morgan fingerprint density at radius 1 is 1.12 bits per heavy atom. The van der Waals surface area contributed by atoms with E-state index < -0.39 is 0 Å². The lowest BCUT2D eigenvalue weighted by Crippen LogP contribution is -2.50. The summed E-state index contributed by atoms with van der Waals surface area (Å²) in [4.78, 5) is 29.4. The molecule has 2 amide bonds. The van der Waals surface area contributed by atoms with Gasteiger partial charge in [0.1, 0.15) is 10.5 Å². The highest BCUT2D eigenvalue weighted by molar-refractivity contribution is 7.08. The summed E-state index contributed by atoms with van der Waals surface area (Å²) >= 11 is 1.13. The SMILES string of the molecule is CCc1nnsc1C(=O)N1CCN(C(=O)c2cc3ccccc3o2)CC1. The highest BCUT2D eigenvalue weighted by atomic mass is 32.1. The first-order valence-corrected chi connectivity index (χ1v) is 9.33. The van der Waals surface area contributed by atoms with Gasteiger partial charge in [-0.25, -0.2) is 0 Å². The van der Waals surface area contributed by atoms with Crippen molar-refractivity contribution in [1.82, 2.24) is 19.4 Å². The van der Waals surface area contributed by atoms with Crippen molar-refractivity contribution in [3.8, 4) is 0 Å². The molecule has 0 radical (unpaired) electrons. The first kappa shape index (κ1) is 16.7. The average molecular weight is 370 g/mol.